The molecule has 0 bridgehead atoms. The van der Waals surface area contributed by atoms with Crippen molar-refractivity contribution in [1.29, 1.82) is 0 Å². The number of hydrogen-bond donors (Lipinski definition) is 2. The van der Waals surface area contributed by atoms with Gasteiger partial charge in [0.15, 0.2) is 11.6 Å². The lowest BCUT2D eigenvalue weighted by molar-refractivity contribution is -0.128. The van der Waals surface area contributed by atoms with Crippen molar-refractivity contribution in [2.45, 2.75) is 50.7 Å². The first-order valence-corrected chi connectivity index (χ1v) is 13.7. The van der Waals surface area contributed by atoms with Gasteiger partial charge in [0.1, 0.15) is 5.75 Å². The average molecular weight is 542 g/mol. The highest BCUT2D eigenvalue weighted by molar-refractivity contribution is 6.01. The smallest absolute Gasteiger partial charge is 0.252 e. The molecule has 1 aliphatic rings. The van der Waals surface area contributed by atoms with Gasteiger partial charge in [-0.25, -0.2) is 4.99 Å². The van der Waals surface area contributed by atoms with E-state index < -0.39 is 11.6 Å². The summed E-state index contributed by atoms with van der Waals surface area (Å²) in [6.45, 7) is 3.11. The van der Waals surface area contributed by atoms with Crippen LogP contribution in [-0.4, -0.2) is 42.2 Å². The van der Waals surface area contributed by atoms with E-state index in [-0.39, 0.29) is 18.9 Å². The maximum absolute atomic E-state index is 14.1. The number of benzene rings is 3. The maximum atomic E-state index is 14.1. The highest BCUT2D eigenvalue weighted by Gasteiger charge is 2.53. The fourth-order valence-corrected chi connectivity index (χ4v) is 4.74. The molecule has 3 aromatic carbocycles. The summed E-state index contributed by atoms with van der Waals surface area (Å²) < 4.78 is 12.2. The van der Waals surface area contributed by atoms with Crippen molar-refractivity contribution < 1.29 is 19.4 Å². The Labute approximate surface area is 234 Å². The minimum Gasteiger partial charge on any atom is -0.494 e. The lowest BCUT2D eigenvalue weighted by atomic mass is 9.81. The Balaban J connectivity index is 1.79. The molecule has 0 unspecified atom stereocenters. The van der Waals surface area contributed by atoms with Crippen LogP contribution in [0.15, 0.2) is 89.0 Å². The third-order valence-electron chi connectivity index (χ3n) is 6.78. The molecule has 0 saturated heterocycles. The van der Waals surface area contributed by atoms with E-state index in [0.29, 0.717) is 48.0 Å². The van der Waals surface area contributed by atoms with Gasteiger partial charge in [0.25, 0.3) is 5.91 Å². The van der Waals surface area contributed by atoms with Crippen LogP contribution in [0.2, 0.25) is 0 Å². The van der Waals surface area contributed by atoms with E-state index in [0.717, 1.165) is 24.8 Å². The molecular formula is C31H35N5O4. The standard InChI is InChI=1S/C31H35N5O4/c1-2-3-9-19-33-30(38)31(22-23-11-5-4-6-12-23)28(26-13-7-8-14-27(26)35-36-32)40-29(34-31)24-15-17-25(18-16-24)39-21-10-20-37/h4-8,11-18,28,37H,2-3,9-10,19-22H2,1H3,(H,33,38)/t28-,31-/m1/s1. The lowest BCUT2D eigenvalue weighted by Gasteiger charge is -2.31. The summed E-state index contributed by atoms with van der Waals surface area (Å²) in [5.74, 6) is 0.736. The highest BCUT2D eigenvalue weighted by atomic mass is 16.5. The molecule has 0 aromatic heterocycles. The first kappa shape index (κ1) is 28.7. The van der Waals surface area contributed by atoms with E-state index in [1.807, 2.05) is 66.7 Å². The third kappa shape index (κ3) is 6.81. The van der Waals surface area contributed by atoms with E-state index in [1.165, 1.54) is 0 Å². The number of hydrogen-bond acceptors (Lipinski definition) is 6. The number of carbonyl (C=O) groups excluding carboxylic acids is 1. The molecule has 2 atom stereocenters. The largest absolute Gasteiger partial charge is 0.494 e. The Bertz CT molecular complexity index is 1340. The van der Waals surface area contributed by atoms with Crippen LogP contribution in [0.25, 0.3) is 10.4 Å². The molecule has 0 spiro atoms. The zero-order valence-corrected chi connectivity index (χ0v) is 22.7. The van der Waals surface area contributed by atoms with Crippen LogP contribution in [0.3, 0.4) is 0 Å². The van der Waals surface area contributed by atoms with Crippen LogP contribution in [-0.2, 0) is 16.0 Å². The van der Waals surface area contributed by atoms with Crippen LogP contribution in [0.4, 0.5) is 5.69 Å². The van der Waals surface area contributed by atoms with Gasteiger partial charge in [-0.3, -0.25) is 4.79 Å². The molecule has 0 saturated carbocycles. The van der Waals surface area contributed by atoms with Crippen molar-refractivity contribution in [2.24, 2.45) is 10.1 Å². The van der Waals surface area contributed by atoms with Crippen molar-refractivity contribution in [1.82, 2.24) is 5.32 Å². The zero-order valence-electron chi connectivity index (χ0n) is 22.7. The molecule has 4 rings (SSSR count). The van der Waals surface area contributed by atoms with Crippen LogP contribution >= 0.6 is 0 Å². The minimum atomic E-state index is -1.35. The topological polar surface area (TPSA) is 129 Å². The number of unbranched alkanes of at least 4 members (excludes halogenated alkanes) is 2. The third-order valence-corrected chi connectivity index (χ3v) is 6.78. The van der Waals surface area contributed by atoms with Gasteiger partial charge in [-0.15, -0.1) is 0 Å². The summed E-state index contributed by atoms with van der Waals surface area (Å²) in [5, 5.41) is 16.0. The molecule has 9 nitrogen and oxygen atoms in total. The second-order valence-electron chi connectivity index (χ2n) is 9.66. The summed E-state index contributed by atoms with van der Waals surface area (Å²) in [6, 6.07) is 24.2. The van der Waals surface area contributed by atoms with Crippen LogP contribution in [0, 0.1) is 0 Å². The first-order valence-electron chi connectivity index (χ1n) is 13.7. The summed E-state index contributed by atoms with van der Waals surface area (Å²) in [4.78, 5) is 22.1. The van der Waals surface area contributed by atoms with Crippen molar-refractivity contribution in [3.05, 3.63) is 106 Å². The van der Waals surface area contributed by atoms with Crippen LogP contribution in [0.1, 0.15) is 55.4 Å². The minimum absolute atomic E-state index is 0.0610. The molecule has 40 heavy (non-hydrogen) atoms. The van der Waals surface area contributed by atoms with Crippen molar-refractivity contribution in [3.63, 3.8) is 0 Å². The number of carbonyl (C=O) groups is 1. The number of ether oxygens (including phenoxy) is 2. The number of aliphatic imine (C=N–C) groups is 1. The van der Waals surface area contributed by atoms with Gasteiger partial charge in [-0.2, -0.15) is 0 Å². The van der Waals surface area contributed by atoms with E-state index in [1.54, 1.807) is 12.1 Å². The van der Waals surface area contributed by atoms with Gasteiger partial charge < -0.3 is 19.9 Å². The Morgan fingerprint density at radius 2 is 1.82 bits per heavy atom. The average Bonchev–Trinajstić information content (AvgIpc) is 3.37. The molecule has 1 aliphatic heterocycles. The van der Waals surface area contributed by atoms with Gasteiger partial charge in [-0.1, -0.05) is 79.5 Å². The van der Waals surface area contributed by atoms with Gasteiger partial charge in [0.2, 0.25) is 5.90 Å². The number of aliphatic hydroxyl groups excluding tert-OH is 1. The first-order chi connectivity index (χ1) is 19.6. The SMILES string of the molecule is CCCCCNC(=O)[C@]1(Cc2ccccc2)N=C(c2ccc(OCCCO)cc2)O[C@@H]1c1ccccc1N=[N+]=[N-]. The molecule has 1 amide bonds. The molecule has 208 valence electrons. The van der Waals surface area contributed by atoms with Crippen molar-refractivity contribution >= 4 is 17.5 Å². The Hall–Kier alpha value is -4.33. The number of nitrogens with one attached hydrogen (secondary N) is 1. The molecule has 0 aliphatic carbocycles. The maximum Gasteiger partial charge on any atom is 0.252 e. The van der Waals surface area contributed by atoms with Gasteiger partial charge in [0, 0.05) is 47.7 Å². The number of amides is 1. The molecule has 0 radical (unpaired) electrons. The number of azide groups is 1. The summed E-state index contributed by atoms with van der Waals surface area (Å²) in [6.07, 6.45) is 2.90. The van der Waals surface area contributed by atoms with Gasteiger partial charge in [0.05, 0.1) is 6.61 Å². The summed E-state index contributed by atoms with van der Waals surface area (Å²) in [7, 11) is 0. The molecule has 1 heterocycles. The number of nitrogens with zero attached hydrogens (tertiary/aromatic N) is 4. The fraction of sp³-hybridized carbons (Fsp3) is 0.355. The molecule has 0 fully saturated rings. The van der Waals surface area contributed by atoms with Crippen LogP contribution in [0.5, 0.6) is 5.75 Å². The Morgan fingerprint density at radius 1 is 1.07 bits per heavy atom. The second-order valence-corrected chi connectivity index (χ2v) is 9.66. The van der Waals surface area contributed by atoms with Gasteiger partial charge in [-0.05, 0) is 41.8 Å². The van der Waals surface area contributed by atoms with E-state index in [9.17, 15) is 10.3 Å². The molecule has 9 heteroatoms. The number of rotatable bonds is 14. The van der Waals surface area contributed by atoms with Crippen molar-refractivity contribution in [3.8, 4) is 5.75 Å². The second kappa shape index (κ2) is 14.2. The molecule has 2 N–H and O–H groups in total. The molecular weight excluding hydrogens is 506 g/mol. The van der Waals surface area contributed by atoms with E-state index in [4.69, 9.17) is 19.6 Å². The van der Waals surface area contributed by atoms with Crippen LogP contribution < -0.4 is 10.1 Å². The highest BCUT2D eigenvalue weighted by Crippen LogP contribution is 2.45. The predicted molar refractivity (Wildman–Crippen MR) is 155 cm³/mol. The van der Waals surface area contributed by atoms with E-state index in [2.05, 4.69) is 22.3 Å². The molecule has 3 aromatic rings. The lowest BCUT2D eigenvalue weighted by Crippen LogP contribution is -2.50. The number of aliphatic hydroxyl groups is 1. The van der Waals surface area contributed by atoms with E-state index >= 15 is 0 Å². The zero-order chi connectivity index (χ0) is 28.2. The predicted octanol–water partition coefficient (Wildman–Crippen LogP) is 6.20. The monoisotopic (exact) mass is 541 g/mol. The van der Waals surface area contributed by atoms with Crippen molar-refractivity contribution in [2.75, 3.05) is 19.8 Å². The summed E-state index contributed by atoms with van der Waals surface area (Å²) >= 11 is 0. The summed E-state index contributed by atoms with van der Waals surface area (Å²) in [5.41, 5.74) is 10.5. The Kier molecular flexibility index (Phi) is 10.2. The Morgan fingerprint density at radius 3 is 2.55 bits per heavy atom. The quantitative estimate of drug-likeness (QED) is 0.109. The fourth-order valence-electron chi connectivity index (χ4n) is 4.74. The van der Waals surface area contributed by atoms with Gasteiger partial charge >= 0.3 is 0 Å². The normalized spacial score (nSPS) is 17.9.